The van der Waals surface area contributed by atoms with Crippen LogP contribution in [-0.4, -0.2) is 20.8 Å². The minimum absolute atomic E-state index is 0.259. The first-order chi connectivity index (χ1) is 7.22. The molecule has 1 aromatic rings. The van der Waals surface area contributed by atoms with Crippen molar-refractivity contribution in [1.82, 2.24) is 15.0 Å². The minimum atomic E-state index is 0.259. The zero-order chi connectivity index (χ0) is 11.3. The Morgan fingerprint density at radius 1 is 1.40 bits per heavy atom. The fourth-order valence-electron chi connectivity index (χ4n) is 1.41. The van der Waals surface area contributed by atoms with Crippen molar-refractivity contribution in [3.8, 4) is 0 Å². The van der Waals surface area contributed by atoms with E-state index in [-0.39, 0.29) is 5.78 Å². The Kier molecular flexibility index (Phi) is 4.21. The van der Waals surface area contributed by atoms with Gasteiger partial charge in [-0.05, 0) is 13.8 Å². The highest BCUT2D eigenvalue weighted by atomic mass is 16.1. The second-order valence-electron chi connectivity index (χ2n) is 3.30. The molecule has 0 bridgehead atoms. The molecule has 0 spiro atoms. The number of nitrogens with zero attached hydrogens (tertiary/aromatic N) is 3. The third-order valence-electron chi connectivity index (χ3n) is 2.34. The SMILES string of the molecule is CC=c1nnn(CCC(=O)CC)c1=CC. The molecule has 1 heterocycles. The highest BCUT2D eigenvalue weighted by Crippen LogP contribution is 1.89. The Hall–Kier alpha value is -1.45. The van der Waals surface area contributed by atoms with Gasteiger partial charge in [-0.25, -0.2) is 4.68 Å². The average Bonchev–Trinajstić information content (AvgIpc) is 2.67. The van der Waals surface area contributed by atoms with Crippen LogP contribution in [0.25, 0.3) is 12.2 Å². The Labute approximate surface area is 89.3 Å². The molecule has 0 N–H and O–H groups in total. The van der Waals surface area contributed by atoms with Gasteiger partial charge >= 0.3 is 0 Å². The van der Waals surface area contributed by atoms with Crippen molar-refractivity contribution in [2.75, 3.05) is 0 Å². The average molecular weight is 207 g/mol. The van der Waals surface area contributed by atoms with Gasteiger partial charge in [-0.3, -0.25) is 4.79 Å². The van der Waals surface area contributed by atoms with E-state index in [0.29, 0.717) is 19.4 Å². The van der Waals surface area contributed by atoms with Crippen LogP contribution in [0.5, 0.6) is 0 Å². The number of carbonyl (C=O) groups is 1. The summed E-state index contributed by atoms with van der Waals surface area (Å²) in [7, 11) is 0. The van der Waals surface area contributed by atoms with Gasteiger partial charge in [0.25, 0.3) is 0 Å². The third-order valence-corrected chi connectivity index (χ3v) is 2.34. The van der Waals surface area contributed by atoms with E-state index in [0.717, 1.165) is 10.7 Å². The molecule has 0 atom stereocenters. The Balaban J connectivity index is 2.88. The first kappa shape index (κ1) is 11.6. The summed E-state index contributed by atoms with van der Waals surface area (Å²) in [6.07, 6.45) is 5.00. The molecule has 4 nitrogen and oxygen atoms in total. The molecule has 0 aliphatic heterocycles. The van der Waals surface area contributed by atoms with E-state index in [4.69, 9.17) is 0 Å². The molecule has 15 heavy (non-hydrogen) atoms. The summed E-state index contributed by atoms with van der Waals surface area (Å²) in [4.78, 5) is 11.2. The fourth-order valence-corrected chi connectivity index (χ4v) is 1.41. The van der Waals surface area contributed by atoms with Gasteiger partial charge in [0.15, 0.2) is 0 Å². The highest BCUT2D eigenvalue weighted by molar-refractivity contribution is 5.77. The van der Waals surface area contributed by atoms with Gasteiger partial charge in [0.1, 0.15) is 11.1 Å². The van der Waals surface area contributed by atoms with Gasteiger partial charge in [0.05, 0.1) is 11.9 Å². The summed E-state index contributed by atoms with van der Waals surface area (Å²) >= 11 is 0. The molecule has 1 aromatic heterocycles. The summed E-state index contributed by atoms with van der Waals surface area (Å²) in [5.74, 6) is 0.259. The number of rotatable bonds is 4. The number of ketones is 1. The lowest BCUT2D eigenvalue weighted by molar-refractivity contribution is -0.119. The van der Waals surface area contributed by atoms with Crippen LogP contribution < -0.4 is 10.7 Å². The van der Waals surface area contributed by atoms with Crippen molar-refractivity contribution < 1.29 is 4.79 Å². The lowest BCUT2D eigenvalue weighted by atomic mass is 10.2. The lowest BCUT2D eigenvalue weighted by Gasteiger charge is -1.98. The summed E-state index contributed by atoms with van der Waals surface area (Å²) in [6, 6.07) is 0. The number of aromatic nitrogens is 3. The molecule has 1 rings (SSSR count). The third kappa shape index (κ3) is 2.75. The van der Waals surface area contributed by atoms with E-state index >= 15 is 0 Å². The first-order valence-electron chi connectivity index (χ1n) is 5.26. The number of Topliss-reactive ketones (excluding diaryl/α,β-unsaturated/α-hetero) is 1. The molecule has 0 saturated carbocycles. The molecule has 0 unspecified atom stereocenters. The number of aryl methyl sites for hydroxylation is 1. The molecular weight excluding hydrogens is 190 g/mol. The van der Waals surface area contributed by atoms with Crippen LogP contribution in [0, 0.1) is 0 Å². The van der Waals surface area contributed by atoms with Gasteiger partial charge in [0, 0.05) is 12.8 Å². The standard InChI is InChI=1S/C11H17N3O/c1-4-9(15)7-8-14-11(6-3)10(5-2)12-13-14/h5-6H,4,7-8H2,1-3H3. The molecule has 0 fully saturated rings. The van der Waals surface area contributed by atoms with Crippen LogP contribution in [0.4, 0.5) is 0 Å². The van der Waals surface area contributed by atoms with E-state index in [1.165, 1.54) is 0 Å². The van der Waals surface area contributed by atoms with Crippen LogP contribution in [0.2, 0.25) is 0 Å². The van der Waals surface area contributed by atoms with Crippen LogP contribution in [0.15, 0.2) is 0 Å². The van der Waals surface area contributed by atoms with Crippen LogP contribution >= 0.6 is 0 Å². The maximum Gasteiger partial charge on any atom is 0.134 e. The van der Waals surface area contributed by atoms with Crippen molar-refractivity contribution >= 4 is 17.9 Å². The topological polar surface area (TPSA) is 47.8 Å². The van der Waals surface area contributed by atoms with E-state index in [2.05, 4.69) is 10.3 Å². The Morgan fingerprint density at radius 3 is 2.67 bits per heavy atom. The van der Waals surface area contributed by atoms with Gasteiger partial charge in [-0.2, -0.15) is 0 Å². The van der Waals surface area contributed by atoms with Crippen LogP contribution in [-0.2, 0) is 11.3 Å². The van der Waals surface area contributed by atoms with Crippen molar-refractivity contribution in [1.29, 1.82) is 0 Å². The molecule has 0 aliphatic carbocycles. The molecule has 0 amide bonds. The second-order valence-corrected chi connectivity index (χ2v) is 3.30. The van der Waals surface area contributed by atoms with Crippen LogP contribution in [0.3, 0.4) is 0 Å². The second kappa shape index (κ2) is 5.44. The normalized spacial score (nSPS) is 13.5. The Bertz CT molecular complexity index is 445. The predicted molar refractivity (Wildman–Crippen MR) is 59.5 cm³/mol. The fraction of sp³-hybridized carbons (Fsp3) is 0.545. The predicted octanol–water partition coefficient (Wildman–Crippen LogP) is 0.248. The highest BCUT2D eigenvalue weighted by Gasteiger charge is 2.02. The molecule has 0 saturated heterocycles. The maximum atomic E-state index is 11.2. The zero-order valence-corrected chi connectivity index (χ0v) is 9.53. The van der Waals surface area contributed by atoms with Gasteiger partial charge in [-0.15, -0.1) is 5.10 Å². The van der Waals surface area contributed by atoms with Gasteiger partial charge in [-0.1, -0.05) is 24.3 Å². The molecule has 0 aromatic carbocycles. The summed E-state index contributed by atoms with van der Waals surface area (Å²) in [5, 5.41) is 9.90. The summed E-state index contributed by atoms with van der Waals surface area (Å²) in [6.45, 7) is 6.37. The van der Waals surface area contributed by atoms with Crippen molar-refractivity contribution in [2.24, 2.45) is 0 Å². The molecular formula is C11H17N3O. The molecule has 0 aliphatic rings. The van der Waals surface area contributed by atoms with Crippen LogP contribution in [0.1, 0.15) is 33.6 Å². The summed E-state index contributed by atoms with van der Waals surface area (Å²) < 4.78 is 1.78. The lowest BCUT2D eigenvalue weighted by Crippen LogP contribution is -2.30. The number of hydrogen-bond acceptors (Lipinski definition) is 3. The zero-order valence-electron chi connectivity index (χ0n) is 9.53. The Morgan fingerprint density at radius 2 is 2.13 bits per heavy atom. The van der Waals surface area contributed by atoms with E-state index in [1.54, 1.807) is 4.68 Å². The molecule has 0 radical (unpaired) electrons. The van der Waals surface area contributed by atoms with Crippen molar-refractivity contribution in [3.05, 3.63) is 10.7 Å². The van der Waals surface area contributed by atoms with Gasteiger partial charge in [0.2, 0.25) is 0 Å². The van der Waals surface area contributed by atoms with Crippen molar-refractivity contribution in [3.63, 3.8) is 0 Å². The van der Waals surface area contributed by atoms with E-state index in [9.17, 15) is 4.79 Å². The van der Waals surface area contributed by atoms with E-state index in [1.807, 2.05) is 32.9 Å². The minimum Gasteiger partial charge on any atom is -0.300 e. The van der Waals surface area contributed by atoms with Crippen molar-refractivity contribution in [2.45, 2.75) is 40.2 Å². The quantitative estimate of drug-likeness (QED) is 0.711. The first-order valence-corrected chi connectivity index (χ1v) is 5.26. The smallest absolute Gasteiger partial charge is 0.134 e. The monoisotopic (exact) mass is 207 g/mol. The van der Waals surface area contributed by atoms with Gasteiger partial charge < -0.3 is 0 Å². The maximum absolute atomic E-state index is 11.2. The molecule has 82 valence electrons. The molecule has 4 heteroatoms. The van der Waals surface area contributed by atoms with E-state index < -0.39 is 0 Å². The largest absolute Gasteiger partial charge is 0.300 e. The summed E-state index contributed by atoms with van der Waals surface area (Å²) in [5.41, 5.74) is 0. The number of carbonyl (C=O) groups excluding carboxylic acids is 1. The number of hydrogen-bond donors (Lipinski definition) is 0.